The van der Waals surface area contributed by atoms with Gasteiger partial charge in [0.2, 0.25) is 5.91 Å². The highest BCUT2D eigenvalue weighted by Crippen LogP contribution is 2.17. The molecule has 126 valence electrons. The minimum absolute atomic E-state index is 0.0434. The lowest BCUT2D eigenvalue weighted by Gasteiger charge is -2.12. The number of anilines is 2. The molecule has 1 fully saturated rings. The lowest BCUT2D eigenvalue weighted by Crippen LogP contribution is -2.35. The Morgan fingerprint density at radius 1 is 1.21 bits per heavy atom. The van der Waals surface area contributed by atoms with Gasteiger partial charge in [0.25, 0.3) is 0 Å². The number of nitrogens with two attached hydrogens (primary N) is 1. The van der Waals surface area contributed by atoms with Crippen molar-refractivity contribution >= 4 is 17.3 Å². The first-order valence-corrected chi connectivity index (χ1v) is 8.60. The van der Waals surface area contributed by atoms with Gasteiger partial charge in [-0.2, -0.15) is 0 Å². The number of benzene rings is 2. The van der Waals surface area contributed by atoms with Crippen LogP contribution in [0.2, 0.25) is 0 Å². The Bertz CT molecular complexity index is 703. The molecule has 0 saturated carbocycles. The first-order chi connectivity index (χ1) is 11.6. The number of rotatable bonds is 5. The summed E-state index contributed by atoms with van der Waals surface area (Å²) in [5.74, 6) is 0.0674. The van der Waals surface area contributed by atoms with Crippen molar-refractivity contribution in [2.75, 3.05) is 17.6 Å². The Balaban J connectivity index is 1.55. The quantitative estimate of drug-likeness (QED) is 0.741. The van der Waals surface area contributed by atoms with Gasteiger partial charge in [-0.1, -0.05) is 18.2 Å². The normalized spacial score (nSPS) is 17.0. The zero-order valence-electron chi connectivity index (χ0n) is 14.1. The number of amides is 1. The first-order valence-electron chi connectivity index (χ1n) is 8.60. The van der Waals surface area contributed by atoms with Gasteiger partial charge in [0.15, 0.2) is 0 Å². The molecule has 2 aromatic rings. The molecular formula is C20H25N3O. The Labute approximate surface area is 143 Å². The predicted molar refractivity (Wildman–Crippen MR) is 99.1 cm³/mol. The standard InChI is InChI=1S/C20H25N3O/c1-14-13-17(21)9-8-16(14)7-4-15-5-10-18(11-6-15)23-20(24)19-3-2-12-22-19/h5-6,8-11,13,19,22H,2-4,7,12,21H2,1H3,(H,23,24). The number of carbonyl (C=O) groups is 1. The van der Waals surface area contributed by atoms with Crippen molar-refractivity contribution in [3.8, 4) is 0 Å². The van der Waals surface area contributed by atoms with E-state index < -0.39 is 0 Å². The van der Waals surface area contributed by atoms with Crippen LogP contribution in [-0.2, 0) is 17.6 Å². The van der Waals surface area contributed by atoms with Crippen molar-refractivity contribution in [1.29, 1.82) is 0 Å². The van der Waals surface area contributed by atoms with Crippen molar-refractivity contribution in [2.45, 2.75) is 38.6 Å². The summed E-state index contributed by atoms with van der Waals surface area (Å²) in [4.78, 5) is 12.1. The van der Waals surface area contributed by atoms with Crippen molar-refractivity contribution in [3.63, 3.8) is 0 Å². The summed E-state index contributed by atoms with van der Waals surface area (Å²) in [7, 11) is 0. The maximum atomic E-state index is 12.1. The van der Waals surface area contributed by atoms with Crippen molar-refractivity contribution < 1.29 is 4.79 Å². The molecule has 1 aliphatic heterocycles. The molecule has 1 heterocycles. The molecule has 0 aliphatic carbocycles. The molecule has 0 radical (unpaired) electrons. The molecule has 24 heavy (non-hydrogen) atoms. The summed E-state index contributed by atoms with van der Waals surface area (Å²) < 4.78 is 0. The van der Waals surface area contributed by atoms with Crippen LogP contribution in [0.25, 0.3) is 0 Å². The fourth-order valence-electron chi connectivity index (χ4n) is 3.17. The average Bonchev–Trinajstić information content (AvgIpc) is 3.10. The van der Waals surface area contributed by atoms with E-state index in [9.17, 15) is 4.79 Å². The molecule has 4 nitrogen and oxygen atoms in total. The molecule has 1 amide bonds. The third-order valence-corrected chi connectivity index (χ3v) is 4.65. The van der Waals surface area contributed by atoms with E-state index in [4.69, 9.17) is 5.73 Å². The number of nitrogen functional groups attached to an aromatic ring is 1. The Kier molecular flexibility index (Phi) is 5.16. The van der Waals surface area contributed by atoms with Gasteiger partial charge in [-0.05, 0) is 80.1 Å². The molecule has 4 heteroatoms. The van der Waals surface area contributed by atoms with E-state index in [1.54, 1.807) is 0 Å². The second-order valence-corrected chi connectivity index (χ2v) is 6.52. The zero-order chi connectivity index (χ0) is 16.9. The molecule has 1 aliphatic rings. The van der Waals surface area contributed by atoms with Gasteiger partial charge in [0.1, 0.15) is 0 Å². The van der Waals surface area contributed by atoms with Gasteiger partial charge in [0, 0.05) is 11.4 Å². The maximum absolute atomic E-state index is 12.1. The van der Waals surface area contributed by atoms with E-state index >= 15 is 0 Å². The number of hydrogen-bond donors (Lipinski definition) is 3. The van der Waals surface area contributed by atoms with Gasteiger partial charge in [-0.15, -0.1) is 0 Å². The highest BCUT2D eigenvalue weighted by molar-refractivity contribution is 5.95. The molecule has 0 bridgehead atoms. The Morgan fingerprint density at radius 2 is 2.00 bits per heavy atom. The summed E-state index contributed by atoms with van der Waals surface area (Å²) in [5, 5.41) is 6.20. The largest absolute Gasteiger partial charge is 0.399 e. The zero-order valence-corrected chi connectivity index (χ0v) is 14.1. The molecule has 0 spiro atoms. The van der Waals surface area contributed by atoms with Gasteiger partial charge >= 0.3 is 0 Å². The highest BCUT2D eigenvalue weighted by atomic mass is 16.2. The summed E-state index contributed by atoms with van der Waals surface area (Å²) in [6, 6.07) is 14.2. The number of aryl methyl sites for hydroxylation is 3. The van der Waals surface area contributed by atoms with Crippen LogP contribution in [0.5, 0.6) is 0 Å². The highest BCUT2D eigenvalue weighted by Gasteiger charge is 2.21. The maximum Gasteiger partial charge on any atom is 0.241 e. The van der Waals surface area contributed by atoms with Gasteiger partial charge in [-0.3, -0.25) is 4.79 Å². The summed E-state index contributed by atoms with van der Waals surface area (Å²) in [6.45, 7) is 3.03. The second kappa shape index (κ2) is 7.49. The Morgan fingerprint density at radius 3 is 2.67 bits per heavy atom. The molecule has 3 rings (SSSR count). The number of carbonyl (C=O) groups excluding carboxylic acids is 1. The van der Waals surface area contributed by atoms with Crippen LogP contribution >= 0.6 is 0 Å². The van der Waals surface area contributed by atoms with Crippen LogP contribution in [-0.4, -0.2) is 18.5 Å². The molecule has 1 saturated heterocycles. The summed E-state index contributed by atoms with van der Waals surface area (Å²) in [6.07, 6.45) is 3.96. The van der Waals surface area contributed by atoms with E-state index in [1.165, 1.54) is 16.7 Å². The van der Waals surface area contributed by atoms with E-state index in [1.807, 2.05) is 24.3 Å². The molecule has 2 aromatic carbocycles. The monoisotopic (exact) mass is 323 g/mol. The van der Waals surface area contributed by atoms with Crippen molar-refractivity contribution in [2.24, 2.45) is 0 Å². The van der Waals surface area contributed by atoms with Gasteiger partial charge in [0.05, 0.1) is 6.04 Å². The Hall–Kier alpha value is -2.33. The number of nitrogens with one attached hydrogen (secondary N) is 2. The van der Waals surface area contributed by atoms with Crippen LogP contribution in [0.15, 0.2) is 42.5 Å². The van der Waals surface area contributed by atoms with E-state index in [-0.39, 0.29) is 11.9 Å². The van der Waals surface area contributed by atoms with E-state index in [2.05, 4.69) is 35.8 Å². The third kappa shape index (κ3) is 4.15. The minimum atomic E-state index is -0.0434. The summed E-state index contributed by atoms with van der Waals surface area (Å²) in [5.41, 5.74) is 11.3. The van der Waals surface area contributed by atoms with Crippen LogP contribution in [0.1, 0.15) is 29.5 Å². The fourth-order valence-corrected chi connectivity index (χ4v) is 3.17. The average molecular weight is 323 g/mol. The van der Waals surface area contributed by atoms with Crippen LogP contribution < -0.4 is 16.4 Å². The van der Waals surface area contributed by atoms with Crippen LogP contribution in [0.3, 0.4) is 0 Å². The van der Waals surface area contributed by atoms with Crippen molar-refractivity contribution in [3.05, 3.63) is 59.2 Å². The SMILES string of the molecule is Cc1cc(N)ccc1CCc1ccc(NC(=O)C2CCCN2)cc1. The molecule has 0 aromatic heterocycles. The van der Waals surface area contributed by atoms with Crippen LogP contribution in [0, 0.1) is 6.92 Å². The number of hydrogen-bond acceptors (Lipinski definition) is 3. The predicted octanol–water partition coefficient (Wildman–Crippen LogP) is 3.05. The van der Waals surface area contributed by atoms with E-state index in [0.29, 0.717) is 0 Å². The fraction of sp³-hybridized carbons (Fsp3) is 0.350. The molecular weight excluding hydrogens is 298 g/mol. The lowest BCUT2D eigenvalue weighted by molar-refractivity contribution is -0.117. The summed E-state index contributed by atoms with van der Waals surface area (Å²) >= 11 is 0. The lowest BCUT2D eigenvalue weighted by atomic mass is 10.00. The molecule has 1 unspecified atom stereocenters. The van der Waals surface area contributed by atoms with Gasteiger partial charge < -0.3 is 16.4 Å². The van der Waals surface area contributed by atoms with Crippen LogP contribution in [0.4, 0.5) is 11.4 Å². The topological polar surface area (TPSA) is 67.1 Å². The third-order valence-electron chi connectivity index (χ3n) is 4.65. The molecule has 1 atom stereocenters. The van der Waals surface area contributed by atoms with Gasteiger partial charge in [-0.25, -0.2) is 0 Å². The molecule has 4 N–H and O–H groups in total. The second-order valence-electron chi connectivity index (χ2n) is 6.52. The van der Waals surface area contributed by atoms with E-state index in [0.717, 1.165) is 43.6 Å². The van der Waals surface area contributed by atoms with Crippen molar-refractivity contribution in [1.82, 2.24) is 5.32 Å². The first kappa shape index (κ1) is 16.5. The smallest absolute Gasteiger partial charge is 0.241 e. The minimum Gasteiger partial charge on any atom is -0.399 e.